The van der Waals surface area contributed by atoms with Crippen molar-refractivity contribution in [1.29, 1.82) is 0 Å². The molecule has 24 heavy (non-hydrogen) atoms. The van der Waals surface area contributed by atoms with Gasteiger partial charge in [-0.05, 0) is 30.2 Å². The SMILES string of the molecule is CSCCOC(=O)C1=C(C)NC(=O)N[C@H]1c1ccc(C(C)C)cc1. The second-order valence-corrected chi connectivity index (χ2v) is 7.01. The molecular formula is C18H24N2O3S. The molecular weight excluding hydrogens is 324 g/mol. The van der Waals surface area contributed by atoms with Gasteiger partial charge in [0.2, 0.25) is 0 Å². The summed E-state index contributed by atoms with van der Waals surface area (Å²) in [5.74, 6) is 0.771. The zero-order valence-corrected chi connectivity index (χ0v) is 15.3. The summed E-state index contributed by atoms with van der Waals surface area (Å²) in [7, 11) is 0. The van der Waals surface area contributed by atoms with E-state index in [-0.39, 0.29) is 6.03 Å². The number of ether oxygens (including phenoxy) is 1. The highest BCUT2D eigenvalue weighted by atomic mass is 32.2. The Balaban J connectivity index is 2.28. The predicted octanol–water partition coefficient (Wildman–Crippen LogP) is 3.34. The Morgan fingerprint density at radius 1 is 1.29 bits per heavy atom. The molecule has 1 aliphatic rings. The van der Waals surface area contributed by atoms with Crippen LogP contribution in [0.5, 0.6) is 0 Å². The molecule has 0 unspecified atom stereocenters. The van der Waals surface area contributed by atoms with E-state index >= 15 is 0 Å². The van der Waals surface area contributed by atoms with Gasteiger partial charge >= 0.3 is 12.0 Å². The first-order valence-corrected chi connectivity index (χ1v) is 9.37. The van der Waals surface area contributed by atoms with Crippen LogP contribution < -0.4 is 10.6 Å². The highest BCUT2D eigenvalue weighted by Gasteiger charge is 2.32. The van der Waals surface area contributed by atoms with Gasteiger partial charge in [-0.1, -0.05) is 38.1 Å². The van der Waals surface area contributed by atoms with E-state index in [0.29, 0.717) is 23.8 Å². The van der Waals surface area contributed by atoms with Gasteiger partial charge < -0.3 is 15.4 Å². The maximum Gasteiger partial charge on any atom is 0.338 e. The highest BCUT2D eigenvalue weighted by molar-refractivity contribution is 7.98. The summed E-state index contributed by atoms with van der Waals surface area (Å²) in [5.41, 5.74) is 3.06. The zero-order valence-electron chi connectivity index (χ0n) is 14.5. The summed E-state index contributed by atoms with van der Waals surface area (Å²) < 4.78 is 5.33. The molecule has 0 saturated carbocycles. The van der Waals surface area contributed by atoms with Crippen LogP contribution in [-0.2, 0) is 9.53 Å². The Bertz CT molecular complexity index is 638. The van der Waals surface area contributed by atoms with Crippen molar-refractivity contribution in [3.8, 4) is 0 Å². The van der Waals surface area contributed by atoms with Crippen molar-refractivity contribution in [3.63, 3.8) is 0 Å². The minimum atomic E-state index is -0.498. The fraction of sp³-hybridized carbons (Fsp3) is 0.444. The number of urea groups is 1. The molecule has 2 N–H and O–H groups in total. The van der Waals surface area contributed by atoms with E-state index in [1.54, 1.807) is 18.7 Å². The van der Waals surface area contributed by atoms with E-state index < -0.39 is 12.0 Å². The number of amides is 2. The third-order valence-electron chi connectivity index (χ3n) is 3.95. The molecule has 130 valence electrons. The van der Waals surface area contributed by atoms with E-state index in [2.05, 4.69) is 24.5 Å². The fourth-order valence-corrected chi connectivity index (χ4v) is 2.83. The molecule has 1 atom stereocenters. The molecule has 0 saturated heterocycles. The van der Waals surface area contributed by atoms with Gasteiger partial charge in [0, 0.05) is 11.4 Å². The summed E-state index contributed by atoms with van der Waals surface area (Å²) in [6.07, 6.45) is 1.96. The lowest BCUT2D eigenvalue weighted by Gasteiger charge is -2.28. The first-order chi connectivity index (χ1) is 11.4. The largest absolute Gasteiger partial charge is 0.461 e. The first kappa shape index (κ1) is 18.4. The van der Waals surface area contributed by atoms with Crippen molar-refractivity contribution < 1.29 is 14.3 Å². The average Bonchev–Trinajstić information content (AvgIpc) is 2.54. The summed E-state index contributed by atoms with van der Waals surface area (Å²) in [4.78, 5) is 24.3. The number of benzene rings is 1. The minimum Gasteiger partial charge on any atom is -0.461 e. The lowest BCUT2D eigenvalue weighted by Crippen LogP contribution is -2.45. The summed E-state index contributed by atoms with van der Waals surface area (Å²) >= 11 is 1.61. The molecule has 0 aliphatic carbocycles. The molecule has 0 radical (unpaired) electrons. The number of carbonyl (C=O) groups is 2. The van der Waals surface area contributed by atoms with Crippen LogP contribution in [0.15, 0.2) is 35.5 Å². The van der Waals surface area contributed by atoms with Crippen LogP contribution in [0.2, 0.25) is 0 Å². The van der Waals surface area contributed by atoms with Gasteiger partial charge in [0.1, 0.15) is 6.61 Å². The molecule has 0 bridgehead atoms. The lowest BCUT2D eigenvalue weighted by molar-refractivity contribution is -0.138. The second-order valence-electron chi connectivity index (χ2n) is 6.02. The Kier molecular flexibility index (Phi) is 6.31. The van der Waals surface area contributed by atoms with Crippen LogP contribution in [0, 0.1) is 0 Å². The number of carbonyl (C=O) groups excluding carboxylic acids is 2. The summed E-state index contributed by atoms with van der Waals surface area (Å²) in [6, 6.07) is 7.15. The first-order valence-electron chi connectivity index (χ1n) is 7.98. The van der Waals surface area contributed by atoms with Gasteiger partial charge in [-0.2, -0.15) is 11.8 Å². The van der Waals surface area contributed by atoms with Crippen molar-refractivity contribution in [2.45, 2.75) is 32.7 Å². The molecule has 2 amide bonds. The quantitative estimate of drug-likeness (QED) is 0.611. The van der Waals surface area contributed by atoms with Gasteiger partial charge in [-0.25, -0.2) is 9.59 Å². The number of allylic oxidation sites excluding steroid dienone is 1. The van der Waals surface area contributed by atoms with Crippen LogP contribution >= 0.6 is 11.8 Å². The molecule has 1 aromatic rings. The van der Waals surface area contributed by atoms with Gasteiger partial charge in [-0.15, -0.1) is 0 Å². The standard InChI is InChI=1S/C18H24N2O3S/c1-11(2)13-5-7-14(8-6-13)16-15(12(3)19-18(22)20-16)17(21)23-9-10-24-4/h5-8,11,16H,9-10H2,1-4H3,(H2,19,20,22)/t16-/m0/s1. The Hall–Kier alpha value is -1.95. The van der Waals surface area contributed by atoms with Crippen LogP contribution in [-0.4, -0.2) is 30.6 Å². The van der Waals surface area contributed by atoms with Crippen molar-refractivity contribution in [2.24, 2.45) is 0 Å². The predicted molar refractivity (Wildman–Crippen MR) is 97.0 cm³/mol. The maximum atomic E-state index is 12.5. The maximum absolute atomic E-state index is 12.5. The van der Waals surface area contributed by atoms with Crippen LogP contribution in [0.3, 0.4) is 0 Å². The number of rotatable bonds is 6. The average molecular weight is 348 g/mol. The third-order valence-corrected chi connectivity index (χ3v) is 4.52. The number of thioether (sulfide) groups is 1. The molecule has 1 aliphatic heterocycles. The van der Waals surface area contributed by atoms with Crippen LogP contribution in [0.4, 0.5) is 4.79 Å². The van der Waals surface area contributed by atoms with Gasteiger partial charge in [0.05, 0.1) is 11.6 Å². The van der Waals surface area contributed by atoms with Gasteiger partial charge in [0.15, 0.2) is 0 Å². The lowest BCUT2D eigenvalue weighted by atomic mass is 9.93. The van der Waals surface area contributed by atoms with E-state index in [0.717, 1.165) is 11.3 Å². The highest BCUT2D eigenvalue weighted by Crippen LogP contribution is 2.28. The van der Waals surface area contributed by atoms with E-state index in [1.165, 1.54) is 5.56 Å². The monoisotopic (exact) mass is 348 g/mol. The second kappa shape index (κ2) is 8.24. The summed E-state index contributed by atoms with van der Waals surface area (Å²) in [5, 5.41) is 5.47. The molecule has 6 heteroatoms. The Morgan fingerprint density at radius 3 is 2.54 bits per heavy atom. The van der Waals surface area contributed by atoms with Crippen LogP contribution in [0.1, 0.15) is 43.9 Å². The topological polar surface area (TPSA) is 67.4 Å². The van der Waals surface area contributed by atoms with Crippen molar-refractivity contribution in [2.75, 3.05) is 18.6 Å². The zero-order chi connectivity index (χ0) is 17.7. The number of nitrogens with one attached hydrogen (secondary N) is 2. The number of hydrogen-bond acceptors (Lipinski definition) is 4. The molecule has 1 aromatic carbocycles. The molecule has 1 heterocycles. The molecule has 0 spiro atoms. The van der Waals surface area contributed by atoms with Gasteiger partial charge in [-0.3, -0.25) is 0 Å². The van der Waals surface area contributed by atoms with Crippen molar-refractivity contribution in [1.82, 2.24) is 10.6 Å². The normalized spacial score (nSPS) is 17.5. The fourth-order valence-electron chi connectivity index (χ4n) is 2.58. The van der Waals surface area contributed by atoms with Gasteiger partial charge in [0.25, 0.3) is 0 Å². The molecule has 0 aromatic heterocycles. The Morgan fingerprint density at radius 2 is 1.96 bits per heavy atom. The van der Waals surface area contributed by atoms with E-state index in [1.807, 2.05) is 30.5 Å². The third kappa shape index (κ3) is 4.32. The number of esters is 1. The summed E-state index contributed by atoms with van der Waals surface area (Å²) in [6.45, 7) is 6.32. The van der Waals surface area contributed by atoms with Crippen molar-refractivity contribution in [3.05, 3.63) is 46.7 Å². The van der Waals surface area contributed by atoms with Crippen molar-refractivity contribution >= 4 is 23.8 Å². The van der Waals surface area contributed by atoms with E-state index in [4.69, 9.17) is 4.74 Å². The van der Waals surface area contributed by atoms with Crippen LogP contribution in [0.25, 0.3) is 0 Å². The number of hydrogen-bond donors (Lipinski definition) is 2. The Labute approximate surface area is 147 Å². The molecule has 5 nitrogen and oxygen atoms in total. The minimum absolute atomic E-state index is 0.314. The smallest absolute Gasteiger partial charge is 0.338 e. The van der Waals surface area contributed by atoms with E-state index in [9.17, 15) is 9.59 Å². The molecule has 0 fully saturated rings. The molecule has 2 rings (SSSR count).